The molecule has 8 heteroatoms. The number of carbonyl (C=O) groups is 2. The Labute approximate surface area is 198 Å². The van der Waals surface area contributed by atoms with Gasteiger partial charge in [0.25, 0.3) is 5.91 Å². The highest BCUT2D eigenvalue weighted by Gasteiger charge is 2.22. The van der Waals surface area contributed by atoms with Gasteiger partial charge in [0, 0.05) is 42.8 Å². The van der Waals surface area contributed by atoms with Crippen LogP contribution in [-0.4, -0.2) is 64.1 Å². The average molecular weight is 466 g/mol. The molecule has 0 radical (unpaired) electrons. The smallest absolute Gasteiger partial charge is 0.253 e. The summed E-state index contributed by atoms with van der Waals surface area (Å²) < 4.78 is 1.73. The zero-order valence-corrected chi connectivity index (χ0v) is 19.5. The van der Waals surface area contributed by atoms with Crippen LogP contribution < -0.4 is 5.32 Å². The summed E-state index contributed by atoms with van der Waals surface area (Å²) in [5, 5.41) is 7.94. The molecule has 2 amide bonds. The number of hydrogen-bond acceptors (Lipinski definition) is 4. The minimum absolute atomic E-state index is 0.0495. The van der Waals surface area contributed by atoms with Crippen LogP contribution in [0.1, 0.15) is 27.9 Å². The van der Waals surface area contributed by atoms with E-state index in [1.54, 1.807) is 16.9 Å². The number of amides is 2. The molecular weight excluding hydrogens is 438 g/mol. The molecule has 3 aromatic rings. The van der Waals surface area contributed by atoms with E-state index in [0.29, 0.717) is 42.6 Å². The minimum Gasteiger partial charge on any atom is -0.337 e. The lowest BCUT2D eigenvalue weighted by molar-refractivity contribution is -0.117. The highest BCUT2D eigenvalue weighted by Crippen LogP contribution is 2.18. The molecule has 1 fully saturated rings. The third-order valence-corrected chi connectivity index (χ3v) is 6.14. The monoisotopic (exact) mass is 465 g/mol. The van der Waals surface area contributed by atoms with Crippen LogP contribution in [0.25, 0.3) is 0 Å². The number of benzene rings is 2. The fourth-order valence-corrected chi connectivity index (χ4v) is 4.23. The van der Waals surface area contributed by atoms with Gasteiger partial charge in [0.2, 0.25) is 5.91 Å². The second-order valence-corrected chi connectivity index (χ2v) is 8.71. The Morgan fingerprint density at radius 1 is 1.03 bits per heavy atom. The summed E-state index contributed by atoms with van der Waals surface area (Å²) in [6.45, 7) is 5.44. The largest absolute Gasteiger partial charge is 0.337 e. The number of aryl methyl sites for hydroxylation is 1. The number of aromatic nitrogens is 2. The maximum atomic E-state index is 12.9. The SMILES string of the molecule is Cc1cccc(C(=O)N2CCCN(CC(=O)Nc3ccnn3Cc3ccccc3Cl)CC2)c1. The van der Waals surface area contributed by atoms with Crippen molar-refractivity contribution in [2.75, 3.05) is 38.0 Å². The van der Waals surface area contributed by atoms with Gasteiger partial charge in [0.15, 0.2) is 0 Å². The van der Waals surface area contributed by atoms with Gasteiger partial charge in [-0.2, -0.15) is 5.10 Å². The quantitative estimate of drug-likeness (QED) is 0.603. The van der Waals surface area contributed by atoms with Crippen LogP contribution in [0, 0.1) is 6.92 Å². The Balaban J connectivity index is 1.31. The van der Waals surface area contributed by atoms with Gasteiger partial charge in [0.05, 0.1) is 19.3 Å². The lowest BCUT2D eigenvalue weighted by atomic mass is 10.1. The number of rotatable bonds is 6. The maximum Gasteiger partial charge on any atom is 0.253 e. The summed E-state index contributed by atoms with van der Waals surface area (Å²) in [5.74, 6) is 0.578. The van der Waals surface area contributed by atoms with Gasteiger partial charge in [-0.15, -0.1) is 0 Å². The summed E-state index contributed by atoms with van der Waals surface area (Å²) in [7, 11) is 0. The Hall–Kier alpha value is -3.16. The van der Waals surface area contributed by atoms with Crippen molar-refractivity contribution in [3.63, 3.8) is 0 Å². The molecule has 2 heterocycles. The summed E-state index contributed by atoms with van der Waals surface area (Å²) in [6, 6.07) is 17.0. The topological polar surface area (TPSA) is 70.5 Å². The third-order valence-electron chi connectivity index (χ3n) is 5.77. The molecule has 0 saturated carbocycles. The molecule has 1 saturated heterocycles. The third kappa shape index (κ3) is 6.00. The zero-order chi connectivity index (χ0) is 23.2. The van der Waals surface area contributed by atoms with Crippen molar-refractivity contribution in [1.29, 1.82) is 0 Å². The van der Waals surface area contributed by atoms with E-state index >= 15 is 0 Å². The molecule has 0 atom stereocenters. The van der Waals surface area contributed by atoms with E-state index in [9.17, 15) is 9.59 Å². The van der Waals surface area contributed by atoms with Crippen molar-refractivity contribution in [3.8, 4) is 0 Å². The van der Waals surface area contributed by atoms with Crippen molar-refractivity contribution in [2.45, 2.75) is 19.9 Å². The Bertz CT molecular complexity index is 1130. The van der Waals surface area contributed by atoms with Crippen LogP contribution >= 0.6 is 11.6 Å². The molecule has 7 nitrogen and oxygen atoms in total. The zero-order valence-electron chi connectivity index (χ0n) is 18.7. The van der Waals surface area contributed by atoms with E-state index < -0.39 is 0 Å². The van der Waals surface area contributed by atoms with Crippen molar-refractivity contribution < 1.29 is 9.59 Å². The molecule has 1 aliphatic heterocycles. The first-order chi connectivity index (χ1) is 16.0. The van der Waals surface area contributed by atoms with Gasteiger partial charge in [-0.25, -0.2) is 4.68 Å². The summed E-state index contributed by atoms with van der Waals surface area (Å²) in [4.78, 5) is 29.6. The molecule has 0 unspecified atom stereocenters. The summed E-state index contributed by atoms with van der Waals surface area (Å²) >= 11 is 6.26. The highest BCUT2D eigenvalue weighted by atomic mass is 35.5. The average Bonchev–Trinajstić information content (AvgIpc) is 3.09. The number of anilines is 1. The number of nitrogens with one attached hydrogen (secondary N) is 1. The van der Waals surface area contributed by atoms with Crippen LogP contribution in [0.3, 0.4) is 0 Å². The van der Waals surface area contributed by atoms with Crippen molar-refractivity contribution in [1.82, 2.24) is 19.6 Å². The first-order valence-electron chi connectivity index (χ1n) is 11.1. The molecule has 33 heavy (non-hydrogen) atoms. The van der Waals surface area contributed by atoms with E-state index in [0.717, 1.165) is 24.1 Å². The number of hydrogen-bond donors (Lipinski definition) is 1. The molecule has 0 bridgehead atoms. The van der Waals surface area contributed by atoms with Crippen molar-refractivity contribution in [2.24, 2.45) is 0 Å². The lowest BCUT2D eigenvalue weighted by Crippen LogP contribution is -2.38. The Morgan fingerprint density at radius 2 is 1.88 bits per heavy atom. The molecular formula is C25H28ClN5O2. The molecule has 1 aliphatic rings. The molecule has 4 rings (SSSR count). The molecule has 1 N–H and O–H groups in total. The second kappa shape index (κ2) is 10.6. The van der Waals surface area contributed by atoms with Crippen LogP contribution in [0.15, 0.2) is 60.8 Å². The number of carbonyl (C=O) groups excluding carboxylic acids is 2. The van der Waals surface area contributed by atoms with E-state index in [1.807, 2.05) is 60.4 Å². The lowest BCUT2D eigenvalue weighted by Gasteiger charge is -2.22. The van der Waals surface area contributed by atoms with Crippen molar-refractivity contribution in [3.05, 3.63) is 82.5 Å². The fourth-order valence-electron chi connectivity index (χ4n) is 4.03. The first kappa shape index (κ1) is 23.0. The predicted molar refractivity (Wildman–Crippen MR) is 130 cm³/mol. The minimum atomic E-state index is -0.102. The molecule has 2 aromatic carbocycles. The van der Waals surface area contributed by atoms with Crippen LogP contribution in [0.5, 0.6) is 0 Å². The van der Waals surface area contributed by atoms with E-state index in [4.69, 9.17) is 11.6 Å². The summed E-state index contributed by atoms with van der Waals surface area (Å²) in [6.07, 6.45) is 2.49. The van der Waals surface area contributed by atoms with E-state index in [2.05, 4.69) is 15.3 Å². The van der Waals surface area contributed by atoms with E-state index in [-0.39, 0.29) is 18.4 Å². The number of nitrogens with zero attached hydrogens (tertiary/aromatic N) is 4. The fraction of sp³-hybridized carbons (Fsp3) is 0.320. The molecule has 172 valence electrons. The van der Waals surface area contributed by atoms with Gasteiger partial charge in [-0.05, 0) is 37.1 Å². The van der Waals surface area contributed by atoms with Gasteiger partial charge in [-0.3, -0.25) is 14.5 Å². The highest BCUT2D eigenvalue weighted by molar-refractivity contribution is 6.31. The number of halogens is 1. The van der Waals surface area contributed by atoms with Crippen LogP contribution in [-0.2, 0) is 11.3 Å². The standard InChI is InChI=1S/C25H28ClN5O2/c1-19-6-4-8-20(16-19)25(33)30-13-5-12-29(14-15-30)18-24(32)28-23-10-11-27-31(23)17-21-7-2-3-9-22(21)26/h2-4,6-11,16H,5,12-15,17-18H2,1H3,(H,28,32). The molecule has 0 aliphatic carbocycles. The molecule has 1 aromatic heterocycles. The van der Waals surface area contributed by atoms with Gasteiger partial charge >= 0.3 is 0 Å². The van der Waals surface area contributed by atoms with Crippen LogP contribution in [0.2, 0.25) is 5.02 Å². The normalized spacial score (nSPS) is 14.7. The second-order valence-electron chi connectivity index (χ2n) is 8.31. The molecule has 0 spiro atoms. The summed E-state index contributed by atoms with van der Waals surface area (Å²) in [5.41, 5.74) is 2.72. The van der Waals surface area contributed by atoms with Gasteiger partial charge in [-0.1, -0.05) is 47.5 Å². The maximum absolute atomic E-state index is 12.9. The first-order valence-corrected chi connectivity index (χ1v) is 11.5. The van der Waals surface area contributed by atoms with Crippen LogP contribution in [0.4, 0.5) is 5.82 Å². The van der Waals surface area contributed by atoms with Crippen molar-refractivity contribution >= 4 is 29.2 Å². The van der Waals surface area contributed by atoms with Gasteiger partial charge < -0.3 is 10.2 Å². The Kier molecular flexibility index (Phi) is 7.42. The van der Waals surface area contributed by atoms with Gasteiger partial charge in [0.1, 0.15) is 5.82 Å². The Morgan fingerprint density at radius 3 is 2.70 bits per heavy atom. The van der Waals surface area contributed by atoms with E-state index in [1.165, 1.54) is 0 Å². The predicted octanol–water partition coefficient (Wildman–Crippen LogP) is 3.68.